The molecule has 1 N–H and O–H groups in total. The Morgan fingerprint density at radius 2 is 1.73 bits per heavy atom. The van der Waals surface area contributed by atoms with Gasteiger partial charge in [-0.25, -0.2) is 9.69 Å². The molecule has 1 saturated heterocycles. The van der Waals surface area contributed by atoms with Crippen LogP contribution < -0.4 is 4.90 Å². The smallest absolute Gasteiger partial charge is 0.335 e. The van der Waals surface area contributed by atoms with E-state index in [0.29, 0.717) is 0 Å². The molecule has 1 aromatic rings. The number of rotatable bonds is 2. The Kier molecular flexibility index (Phi) is 2.72. The molecule has 22 heavy (non-hydrogen) atoms. The number of carbonyl (C=O) groups excluding carboxylic acids is 2. The molecule has 112 valence electrons. The minimum atomic E-state index is -1.13. The zero-order valence-electron chi connectivity index (χ0n) is 11.4. The van der Waals surface area contributed by atoms with Crippen LogP contribution in [0.25, 0.3) is 0 Å². The number of fused-ring (bicyclic) bond motifs is 5. The summed E-state index contributed by atoms with van der Waals surface area (Å²) in [6, 6.07) is 4.05. The highest BCUT2D eigenvalue weighted by Gasteiger charge is 2.59. The third-order valence-corrected chi connectivity index (χ3v) is 5.22. The normalized spacial score (nSPS) is 32.0. The van der Waals surface area contributed by atoms with Crippen molar-refractivity contribution in [3.05, 3.63) is 40.9 Å². The number of carboxylic acid groups (broad SMARTS) is 1. The lowest BCUT2D eigenvalue weighted by Gasteiger charge is -2.19. The van der Waals surface area contributed by atoms with Crippen LogP contribution in [0.3, 0.4) is 0 Å². The van der Waals surface area contributed by atoms with E-state index >= 15 is 0 Å². The number of carboxylic acids is 1. The van der Waals surface area contributed by atoms with Crippen molar-refractivity contribution in [3.8, 4) is 0 Å². The molecule has 1 saturated carbocycles. The van der Waals surface area contributed by atoms with Gasteiger partial charge in [0, 0.05) is 0 Å². The van der Waals surface area contributed by atoms with Gasteiger partial charge in [-0.2, -0.15) is 0 Å². The molecule has 0 spiro atoms. The van der Waals surface area contributed by atoms with Gasteiger partial charge in [0.25, 0.3) is 0 Å². The van der Waals surface area contributed by atoms with Crippen LogP contribution in [-0.2, 0) is 9.59 Å². The molecule has 2 aliphatic carbocycles. The Morgan fingerprint density at radius 3 is 2.27 bits per heavy atom. The van der Waals surface area contributed by atoms with Crippen molar-refractivity contribution in [1.82, 2.24) is 0 Å². The number of amides is 2. The van der Waals surface area contributed by atoms with E-state index in [1.165, 1.54) is 18.2 Å². The molecule has 1 aromatic carbocycles. The Balaban J connectivity index is 1.79. The third-order valence-electron chi connectivity index (χ3n) is 4.90. The molecule has 2 amide bonds. The van der Waals surface area contributed by atoms with E-state index in [1.54, 1.807) is 0 Å². The summed E-state index contributed by atoms with van der Waals surface area (Å²) in [5.41, 5.74) is 0.170. The van der Waals surface area contributed by atoms with Crippen LogP contribution in [0.5, 0.6) is 0 Å². The largest absolute Gasteiger partial charge is 0.478 e. The summed E-state index contributed by atoms with van der Waals surface area (Å²) in [4.78, 5) is 37.6. The van der Waals surface area contributed by atoms with Crippen LogP contribution in [0.4, 0.5) is 5.69 Å². The van der Waals surface area contributed by atoms with Crippen molar-refractivity contribution in [2.45, 2.75) is 6.42 Å². The molecule has 4 atom stereocenters. The van der Waals surface area contributed by atoms with Crippen molar-refractivity contribution in [2.24, 2.45) is 23.7 Å². The van der Waals surface area contributed by atoms with Gasteiger partial charge in [-0.3, -0.25) is 9.59 Å². The number of imide groups is 1. The van der Waals surface area contributed by atoms with Crippen molar-refractivity contribution < 1.29 is 19.5 Å². The van der Waals surface area contributed by atoms with Crippen LogP contribution in [0.15, 0.2) is 30.4 Å². The lowest BCUT2D eigenvalue weighted by Crippen LogP contribution is -2.33. The second-order valence-electron chi connectivity index (χ2n) is 5.98. The minimum Gasteiger partial charge on any atom is -0.478 e. The van der Waals surface area contributed by atoms with Gasteiger partial charge in [0.1, 0.15) is 0 Å². The highest BCUT2D eigenvalue weighted by Crippen LogP contribution is 2.53. The van der Waals surface area contributed by atoms with Crippen molar-refractivity contribution in [3.63, 3.8) is 0 Å². The van der Waals surface area contributed by atoms with Gasteiger partial charge in [-0.05, 0) is 36.5 Å². The van der Waals surface area contributed by atoms with Crippen LogP contribution in [0, 0.1) is 23.7 Å². The van der Waals surface area contributed by atoms with Crippen LogP contribution in [-0.4, -0.2) is 22.9 Å². The summed E-state index contributed by atoms with van der Waals surface area (Å²) in [5, 5.41) is 9.29. The van der Waals surface area contributed by atoms with Crippen LogP contribution in [0.1, 0.15) is 16.8 Å². The van der Waals surface area contributed by atoms with Crippen LogP contribution >= 0.6 is 11.6 Å². The zero-order valence-corrected chi connectivity index (χ0v) is 12.2. The third kappa shape index (κ3) is 1.63. The number of hydrogen-bond donors (Lipinski definition) is 1. The van der Waals surface area contributed by atoms with Crippen molar-refractivity contribution >= 4 is 35.1 Å². The maximum Gasteiger partial charge on any atom is 0.335 e. The summed E-state index contributed by atoms with van der Waals surface area (Å²) >= 11 is 6.10. The maximum absolute atomic E-state index is 12.7. The number of benzene rings is 1. The molecule has 2 bridgehead atoms. The lowest BCUT2D eigenvalue weighted by molar-refractivity contribution is -0.123. The molecule has 1 heterocycles. The fourth-order valence-electron chi connectivity index (χ4n) is 3.96. The van der Waals surface area contributed by atoms with Gasteiger partial charge in [0.2, 0.25) is 11.8 Å². The van der Waals surface area contributed by atoms with Gasteiger partial charge in [0.15, 0.2) is 0 Å². The van der Waals surface area contributed by atoms with Crippen molar-refractivity contribution in [1.29, 1.82) is 0 Å². The Hall–Kier alpha value is -2.14. The fourth-order valence-corrected chi connectivity index (χ4v) is 4.16. The van der Waals surface area contributed by atoms with Gasteiger partial charge in [-0.1, -0.05) is 23.8 Å². The number of carbonyl (C=O) groups is 3. The molecular weight excluding hydrogens is 306 g/mol. The summed E-state index contributed by atoms with van der Waals surface area (Å²) < 4.78 is 0. The van der Waals surface area contributed by atoms with E-state index in [-0.39, 0.29) is 51.8 Å². The second kappa shape index (κ2) is 4.43. The topological polar surface area (TPSA) is 74.7 Å². The minimum absolute atomic E-state index is 0.00171. The van der Waals surface area contributed by atoms with Gasteiger partial charge in [-0.15, -0.1) is 0 Å². The summed E-state index contributed by atoms with van der Waals surface area (Å²) in [6.45, 7) is 0. The lowest BCUT2D eigenvalue weighted by atomic mass is 9.85. The predicted octanol–water partition coefficient (Wildman–Crippen LogP) is 2.35. The number of allylic oxidation sites excluding steroid dienone is 2. The molecule has 3 aliphatic rings. The SMILES string of the molecule is O=C(O)c1ccc(Cl)c(N2C(=O)C3C4C=CC(C4)C3C2=O)c1. The first kappa shape index (κ1) is 13.5. The Labute approximate surface area is 131 Å². The molecule has 2 fully saturated rings. The summed E-state index contributed by atoms with van der Waals surface area (Å²) in [7, 11) is 0. The molecule has 4 rings (SSSR count). The van der Waals surface area contributed by atoms with E-state index in [2.05, 4.69) is 0 Å². The zero-order chi connectivity index (χ0) is 15.6. The standard InChI is InChI=1S/C16H12ClNO4/c17-10-4-3-9(16(21)22)6-11(10)18-14(19)12-7-1-2-8(5-7)13(12)15(18)20/h1-4,6-8,12-13H,5H2,(H,21,22). The number of hydrogen-bond acceptors (Lipinski definition) is 3. The van der Waals surface area contributed by atoms with E-state index in [4.69, 9.17) is 16.7 Å². The van der Waals surface area contributed by atoms with Gasteiger partial charge in [0.05, 0.1) is 28.1 Å². The highest BCUT2D eigenvalue weighted by atomic mass is 35.5. The molecule has 4 unspecified atom stereocenters. The van der Waals surface area contributed by atoms with E-state index in [1.807, 2.05) is 12.2 Å². The first-order valence-electron chi connectivity index (χ1n) is 7.08. The maximum atomic E-state index is 12.7. The van der Waals surface area contributed by atoms with Crippen molar-refractivity contribution in [2.75, 3.05) is 4.90 Å². The van der Waals surface area contributed by atoms with Gasteiger partial charge >= 0.3 is 5.97 Å². The van der Waals surface area contributed by atoms with E-state index in [9.17, 15) is 14.4 Å². The molecule has 1 aliphatic heterocycles. The quantitative estimate of drug-likeness (QED) is 0.671. The molecule has 0 aromatic heterocycles. The average molecular weight is 318 g/mol. The number of nitrogens with zero attached hydrogens (tertiary/aromatic N) is 1. The van der Waals surface area contributed by atoms with E-state index in [0.717, 1.165) is 11.3 Å². The molecule has 0 radical (unpaired) electrons. The fraction of sp³-hybridized carbons (Fsp3) is 0.312. The average Bonchev–Trinajstić information content (AvgIpc) is 3.14. The number of halogens is 1. The first-order chi connectivity index (χ1) is 10.5. The predicted molar refractivity (Wildman–Crippen MR) is 78.6 cm³/mol. The first-order valence-corrected chi connectivity index (χ1v) is 7.46. The van der Waals surface area contributed by atoms with E-state index < -0.39 is 5.97 Å². The summed E-state index contributed by atoms with van der Waals surface area (Å²) in [6.07, 6.45) is 4.87. The highest BCUT2D eigenvalue weighted by molar-refractivity contribution is 6.36. The molecule has 6 heteroatoms. The van der Waals surface area contributed by atoms with Crippen LogP contribution in [0.2, 0.25) is 5.02 Å². The Morgan fingerprint density at radius 1 is 1.14 bits per heavy atom. The summed E-state index contributed by atoms with van der Waals surface area (Å²) in [5.74, 6) is -2.10. The number of aromatic carboxylic acids is 1. The van der Waals surface area contributed by atoms with Gasteiger partial charge < -0.3 is 5.11 Å². The Bertz CT molecular complexity index is 727. The molecular formula is C16H12ClNO4. The molecule has 5 nitrogen and oxygen atoms in total. The monoisotopic (exact) mass is 317 g/mol. The number of anilines is 1. The second-order valence-corrected chi connectivity index (χ2v) is 6.39.